The normalized spacial score (nSPS) is 10.9. The van der Waals surface area contributed by atoms with Crippen LogP contribution in [0.15, 0.2) is 133 Å². The van der Waals surface area contributed by atoms with Crippen LogP contribution in [-0.4, -0.2) is 17.0 Å². The van der Waals surface area contributed by atoms with E-state index in [0.717, 1.165) is 44.8 Å². The molecule has 0 aliphatic carbocycles. The molecular formula is C33H25N3. The molecule has 1 heterocycles. The maximum atomic E-state index is 5.15. The van der Waals surface area contributed by atoms with E-state index in [-0.39, 0.29) is 0 Å². The van der Waals surface area contributed by atoms with Crippen molar-refractivity contribution in [2.75, 3.05) is 11.9 Å². The number of para-hydroxylation sites is 1. The maximum Gasteiger partial charge on any atom is 0.160 e. The van der Waals surface area contributed by atoms with Crippen LogP contribution in [0.2, 0.25) is 0 Å². The molecule has 172 valence electrons. The Kier molecular flexibility index (Phi) is 5.72. The van der Waals surface area contributed by atoms with Gasteiger partial charge in [-0.3, -0.25) is 0 Å². The second-order valence-corrected chi connectivity index (χ2v) is 8.77. The van der Waals surface area contributed by atoms with E-state index in [0.29, 0.717) is 5.82 Å². The standard InChI is InChI=1S/C33H25N3/c1-36(27-18-9-4-10-19-27)31-22-21-24-13-11-12-20-28(24)32(31)30-23-29(25-14-5-2-6-15-25)34-33(35-30)26-16-7-3-8-17-26/h2-23H,1H3. The molecule has 1 aromatic heterocycles. The molecule has 6 aromatic rings. The highest BCUT2D eigenvalue weighted by atomic mass is 15.1. The Hall–Kier alpha value is -4.76. The average Bonchev–Trinajstić information content (AvgIpc) is 2.97. The van der Waals surface area contributed by atoms with E-state index >= 15 is 0 Å². The average molecular weight is 464 g/mol. The minimum Gasteiger partial charge on any atom is -0.344 e. The van der Waals surface area contributed by atoms with Crippen LogP contribution in [-0.2, 0) is 0 Å². The first kappa shape index (κ1) is 21.8. The van der Waals surface area contributed by atoms with Crippen LogP contribution in [0, 0.1) is 0 Å². The molecule has 0 saturated carbocycles. The Morgan fingerprint density at radius 2 is 1.11 bits per heavy atom. The van der Waals surface area contributed by atoms with Gasteiger partial charge in [-0.2, -0.15) is 0 Å². The lowest BCUT2D eigenvalue weighted by Crippen LogP contribution is -2.11. The van der Waals surface area contributed by atoms with Crippen molar-refractivity contribution in [2.45, 2.75) is 0 Å². The molecule has 5 aromatic carbocycles. The fourth-order valence-corrected chi connectivity index (χ4v) is 4.65. The van der Waals surface area contributed by atoms with Crippen molar-refractivity contribution < 1.29 is 0 Å². The summed E-state index contributed by atoms with van der Waals surface area (Å²) in [4.78, 5) is 12.4. The lowest BCUT2D eigenvalue weighted by molar-refractivity contribution is 1.17. The molecule has 6 rings (SSSR count). The third-order valence-corrected chi connectivity index (χ3v) is 6.50. The molecule has 0 unspecified atom stereocenters. The lowest BCUT2D eigenvalue weighted by Gasteiger charge is -2.24. The molecule has 0 aliphatic heterocycles. The number of benzene rings is 5. The van der Waals surface area contributed by atoms with Crippen LogP contribution in [0.3, 0.4) is 0 Å². The van der Waals surface area contributed by atoms with Crippen LogP contribution in [0.1, 0.15) is 0 Å². The summed E-state index contributed by atoms with van der Waals surface area (Å²) in [5, 5.41) is 2.34. The minimum atomic E-state index is 0.716. The number of rotatable bonds is 5. The first-order chi connectivity index (χ1) is 17.8. The van der Waals surface area contributed by atoms with Gasteiger partial charge in [0.15, 0.2) is 5.82 Å². The van der Waals surface area contributed by atoms with Crippen molar-refractivity contribution in [2.24, 2.45) is 0 Å². The van der Waals surface area contributed by atoms with Gasteiger partial charge in [-0.25, -0.2) is 9.97 Å². The molecule has 3 nitrogen and oxygen atoms in total. The third-order valence-electron chi connectivity index (χ3n) is 6.50. The highest BCUT2D eigenvalue weighted by Gasteiger charge is 2.18. The van der Waals surface area contributed by atoms with Crippen molar-refractivity contribution in [3.05, 3.63) is 133 Å². The minimum absolute atomic E-state index is 0.716. The van der Waals surface area contributed by atoms with Gasteiger partial charge in [-0.15, -0.1) is 0 Å². The summed E-state index contributed by atoms with van der Waals surface area (Å²) in [5.74, 6) is 0.716. The summed E-state index contributed by atoms with van der Waals surface area (Å²) in [6, 6.07) is 46.0. The van der Waals surface area contributed by atoms with Crippen LogP contribution in [0.25, 0.3) is 44.7 Å². The second-order valence-electron chi connectivity index (χ2n) is 8.77. The van der Waals surface area contributed by atoms with E-state index in [4.69, 9.17) is 9.97 Å². The molecule has 0 amide bonds. The first-order valence-electron chi connectivity index (χ1n) is 12.1. The van der Waals surface area contributed by atoms with Crippen molar-refractivity contribution in [1.82, 2.24) is 9.97 Å². The third kappa shape index (κ3) is 4.12. The van der Waals surface area contributed by atoms with E-state index in [1.54, 1.807) is 0 Å². The second kappa shape index (κ2) is 9.47. The summed E-state index contributed by atoms with van der Waals surface area (Å²) < 4.78 is 0. The van der Waals surface area contributed by atoms with Gasteiger partial charge in [-0.05, 0) is 35.0 Å². The number of hydrogen-bond acceptors (Lipinski definition) is 3. The summed E-state index contributed by atoms with van der Waals surface area (Å²) >= 11 is 0. The highest BCUT2D eigenvalue weighted by Crippen LogP contribution is 2.40. The van der Waals surface area contributed by atoms with Gasteiger partial charge in [0.2, 0.25) is 0 Å². The predicted molar refractivity (Wildman–Crippen MR) is 150 cm³/mol. The van der Waals surface area contributed by atoms with Crippen molar-refractivity contribution in [1.29, 1.82) is 0 Å². The zero-order chi connectivity index (χ0) is 24.3. The number of hydrogen-bond donors (Lipinski definition) is 0. The number of aromatic nitrogens is 2. The smallest absolute Gasteiger partial charge is 0.160 e. The van der Waals surface area contributed by atoms with Crippen molar-refractivity contribution >= 4 is 22.1 Å². The number of nitrogens with zero attached hydrogens (tertiary/aromatic N) is 3. The molecule has 0 spiro atoms. The Balaban J connectivity index is 1.65. The van der Waals surface area contributed by atoms with Crippen LogP contribution in [0.5, 0.6) is 0 Å². The number of fused-ring (bicyclic) bond motifs is 1. The molecule has 36 heavy (non-hydrogen) atoms. The van der Waals surface area contributed by atoms with Gasteiger partial charge in [0, 0.05) is 29.4 Å². The first-order valence-corrected chi connectivity index (χ1v) is 12.1. The SMILES string of the molecule is CN(c1ccccc1)c1ccc2ccccc2c1-c1cc(-c2ccccc2)nc(-c2ccccc2)n1. The topological polar surface area (TPSA) is 29.0 Å². The molecule has 0 bridgehead atoms. The largest absolute Gasteiger partial charge is 0.344 e. The zero-order valence-electron chi connectivity index (χ0n) is 20.0. The summed E-state index contributed by atoms with van der Waals surface area (Å²) in [5.41, 5.74) is 7.17. The molecule has 0 saturated heterocycles. The lowest BCUT2D eigenvalue weighted by atomic mass is 9.97. The fourth-order valence-electron chi connectivity index (χ4n) is 4.65. The van der Waals surface area contributed by atoms with Crippen molar-refractivity contribution in [3.8, 4) is 33.9 Å². The monoisotopic (exact) mass is 463 g/mol. The van der Waals surface area contributed by atoms with E-state index in [1.807, 2.05) is 42.5 Å². The van der Waals surface area contributed by atoms with E-state index < -0.39 is 0 Å². The zero-order valence-corrected chi connectivity index (χ0v) is 20.0. The van der Waals surface area contributed by atoms with E-state index in [1.165, 1.54) is 5.39 Å². The maximum absolute atomic E-state index is 5.15. The summed E-state index contributed by atoms with van der Waals surface area (Å²) in [6.07, 6.45) is 0. The van der Waals surface area contributed by atoms with Gasteiger partial charge in [0.05, 0.1) is 17.1 Å². The van der Waals surface area contributed by atoms with Crippen molar-refractivity contribution in [3.63, 3.8) is 0 Å². The van der Waals surface area contributed by atoms with Gasteiger partial charge in [-0.1, -0.05) is 109 Å². The molecule has 0 N–H and O–H groups in total. The van der Waals surface area contributed by atoms with Crippen LogP contribution in [0.4, 0.5) is 11.4 Å². The Bertz CT molecular complexity index is 1570. The van der Waals surface area contributed by atoms with Gasteiger partial charge < -0.3 is 4.90 Å². The van der Waals surface area contributed by atoms with Crippen LogP contribution >= 0.6 is 0 Å². The molecule has 0 radical (unpaired) electrons. The predicted octanol–water partition coefficient (Wildman–Crippen LogP) is 8.40. The molecular weight excluding hydrogens is 438 g/mol. The summed E-state index contributed by atoms with van der Waals surface area (Å²) in [6.45, 7) is 0. The Morgan fingerprint density at radius 1 is 0.528 bits per heavy atom. The Labute approximate surface area is 211 Å². The van der Waals surface area contributed by atoms with Gasteiger partial charge in [0.1, 0.15) is 0 Å². The van der Waals surface area contributed by atoms with Crippen LogP contribution < -0.4 is 4.90 Å². The Morgan fingerprint density at radius 3 is 1.83 bits per heavy atom. The quantitative estimate of drug-likeness (QED) is 0.257. The van der Waals surface area contributed by atoms with E-state index in [9.17, 15) is 0 Å². The molecule has 0 aliphatic rings. The molecule has 3 heteroatoms. The summed E-state index contributed by atoms with van der Waals surface area (Å²) in [7, 11) is 2.11. The number of anilines is 2. The molecule has 0 atom stereocenters. The highest BCUT2D eigenvalue weighted by molar-refractivity contribution is 6.03. The van der Waals surface area contributed by atoms with E-state index in [2.05, 4.69) is 103 Å². The van der Waals surface area contributed by atoms with Gasteiger partial charge in [0.25, 0.3) is 0 Å². The fraction of sp³-hybridized carbons (Fsp3) is 0.0303. The molecule has 0 fully saturated rings. The van der Waals surface area contributed by atoms with Gasteiger partial charge >= 0.3 is 0 Å².